The second-order valence-corrected chi connectivity index (χ2v) is 9.34. The molecule has 1 heterocycles. The van der Waals surface area contributed by atoms with Crippen LogP contribution in [-0.4, -0.2) is 37.1 Å². The summed E-state index contributed by atoms with van der Waals surface area (Å²) in [6, 6.07) is 7.71. The zero-order valence-corrected chi connectivity index (χ0v) is 14.3. The van der Waals surface area contributed by atoms with Crippen molar-refractivity contribution < 1.29 is 13.2 Å². The lowest BCUT2D eigenvalue weighted by Gasteiger charge is -2.23. The van der Waals surface area contributed by atoms with Crippen molar-refractivity contribution in [3.8, 4) is 0 Å². The Bertz CT molecular complexity index is 601. The number of amides is 1. The maximum Gasteiger partial charge on any atom is 0.230 e. The average Bonchev–Trinajstić information content (AvgIpc) is 2.62. The van der Waals surface area contributed by atoms with E-state index in [-0.39, 0.29) is 23.2 Å². The molecule has 1 fully saturated rings. The quantitative estimate of drug-likeness (QED) is 0.817. The number of benzene rings is 1. The first-order valence-electron chi connectivity index (χ1n) is 6.18. The Morgan fingerprint density at radius 3 is 2.60 bits per heavy atom. The van der Waals surface area contributed by atoms with Crippen molar-refractivity contribution in [3.05, 3.63) is 28.7 Å². The lowest BCUT2D eigenvalue weighted by Crippen LogP contribution is -2.47. The fraction of sp³-hybridized carbons (Fsp3) is 0.462. The standard InChI is InChI=1S/C13H16BrNO3S2/c1-13(6-7-20(17,18)9-13)15-12(16)8-19-11-4-2-10(14)3-5-11/h2-5H,6-9H2,1H3,(H,15,16)/t13-/m0/s1. The second-order valence-electron chi connectivity index (χ2n) is 5.19. The predicted octanol–water partition coefficient (Wildman–Crippen LogP) is 2.23. The highest BCUT2D eigenvalue weighted by molar-refractivity contribution is 9.10. The molecule has 110 valence electrons. The summed E-state index contributed by atoms with van der Waals surface area (Å²) >= 11 is 4.79. The first kappa shape index (κ1) is 15.9. The van der Waals surface area contributed by atoms with Crippen LogP contribution in [0.3, 0.4) is 0 Å². The molecule has 1 saturated heterocycles. The lowest BCUT2D eigenvalue weighted by atomic mass is 10.0. The summed E-state index contributed by atoms with van der Waals surface area (Å²) < 4.78 is 24.0. The number of sulfone groups is 1. The first-order valence-corrected chi connectivity index (χ1v) is 9.78. The van der Waals surface area contributed by atoms with Crippen LogP contribution in [-0.2, 0) is 14.6 Å². The average molecular weight is 378 g/mol. The number of nitrogens with one attached hydrogen (secondary N) is 1. The molecule has 1 atom stereocenters. The van der Waals surface area contributed by atoms with Gasteiger partial charge in [0.1, 0.15) is 0 Å². The van der Waals surface area contributed by atoms with Gasteiger partial charge in [-0.2, -0.15) is 0 Å². The molecule has 4 nitrogen and oxygen atoms in total. The molecular weight excluding hydrogens is 362 g/mol. The van der Waals surface area contributed by atoms with Gasteiger partial charge in [-0.3, -0.25) is 4.79 Å². The third-order valence-corrected chi connectivity index (χ3v) is 6.57. The lowest BCUT2D eigenvalue weighted by molar-refractivity contribution is -0.120. The van der Waals surface area contributed by atoms with Crippen molar-refractivity contribution in [2.24, 2.45) is 0 Å². The Morgan fingerprint density at radius 1 is 1.40 bits per heavy atom. The van der Waals surface area contributed by atoms with Crippen LogP contribution >= 0.6 is 27.7 Å². The molecule has 0 aliphatic carbocycles. The van der Waals surface area contributed by atoms with Gasteiger partial charge < -0.3 is 5.32 Å². The largest absolute Gasteiger partial charge is 0.349 e. The van der Waals surface area contributed by atoms with Gasteiger partial charge in [0.2, 0.25) is 5.91 Å². The van der Waals surface area contributed by atoms with Gasteiger partial charge in [0, 0.05) is 9.37 Å². The van der Waals surface area contributed by atoms with Gasteiger partial charge in [0.15, 0.2) is 9.84 Å². The number of hydrogen-bond acceptors (Lipinski definition) is 4. The van der Waals surface area contributed by atoms with Gasteiger partial charge in [0.25, 0.3) is 0 Å². The highest BCUT2D eigenvalue weighted by atomic mass is 79.9. The normalized spacial score (nSPS) is 24.5. The van der Waals surface area contributed by atoms with Crippen molar-refractivity contribution in [2.45, 2.75) is 23.8 Å². The minimum Gasteiger partial charge on any atom is -0.349 e. The third kappa shape index (κ3) is 4.49. The van der Waals surface area contributed by atoms with Crippen molar-refractivity contribution in [1.29, 1.82) is 0 Å². The molecule has 1 aromatic rings. The molecule has 20 heavy (non-hydrogen) atoms. The van der Waals surface area contributed by atoms with Crippen molar-refractivity contribution in [3.63, 3.8) is 0 Å². The predicted molar refractivity (Wildman–Crippen MR) is 84.7 cm³/mol. The van der Waals surface area contributed by atoms with Gasteiger partial charge >= 0.3 is 0 Å². The van der Waals surface area contributed by atoms with E-state index in [9.17, 15) is 13.2 Å². The molecule has 0 aromatic heterocycles. The number of carbonyl (C=O) groups excluding carboxylic acids is 1. The van der Waals surface area contributed by atoms with Gasteiger partial charge in [-0.05, 0) is 37.6 Å². The molecule has 1 aromatic carbocycles. The summed E-state index contributed by atoms with van der Waals surface area (Å²) in [4.78, 5) is 12.9. The van der Waals surface area contributed by atoms with E-state index in [0.29, 0.717) is 6.42 Å². The molecule has 0 bridgehead atoms. The van der Waals surface area contributed by atoms with Crippen LogP contribution in [0.2, 0.25) is 0 Å². The van der Waals surface area contributed by atoms with Gasteiger partial charge in [-0.15, -0.1) is 11.8 Å². The van der Waals surface area contributed by atoms with E-state index < -0.39 is 15.4 Å². The smallest absolute Gasteiger partial charge is 0.230 e. The molecule has 1 aliphatic heterocycles. The van der Waals surface area contributed by atoms with Crippen LogP contribution in [0.5, 0.6) is 0 Å². The summed E-state index contributed by atoms with van der Waals surface area (Å²) in [6.45, 7) is 1.79. The van der Waals surface area contributed by atoms with Gasteiger partial charge in [-0.1, -0.05) is 15.9 Å². The Balaban J connectivity index is 1.85. The molecule has 0 saturated carbocycles. The topological polar surface area (TPSA) is 63.2 Å². The van der Waals surface area contributed by atoms with Crippen LogP contribution in [0.4, 0.5) is 0 Å². The zero-order valence-electron chi connectivity index (χ0n) is 11.1. The number of rotatable bonds is 4. The highest BCUT2D eigenvalue weighted by Crippen LogP contribution is 2.24. The molecule has 1 aliphatic rings. The summed E-state index contributed by atoms with van der Waals surface area (Å²) in [5.74, 6) is 0.354. The van der Waals surface area contributed by atoms with E-state index in [1.165, 1.54) is 11.8 Å². The monoisotopic (exact) mass is 377 g/mol. The summed E-state index contributed by atoms with van der Waals surface area (Å²) in [7, 11) is -3.00. The van der Waals surface area contributed by atoms with Gasteiger partial charge in [-0.25, -0.2) is 8.42 Å². The number of halogens is 1. The SMILES string of the molecule is C[C@]1(NC(=O)CSc2ccc(Br)cc2)CCS(=O)(=O)C1. The van der Waals surface area contributed by atoms with Crippen molar-refractivity contribution in [1.82, 2.24) is 5.32 Å². The van der Waals surface area contributed by atoms with Crippen molar-refractivity contribution in [2.75, 3.05) is 17.3 Å². The Morgan fingerprint density at radius 2 is 2.05 bits per heavy atom. The Hall–Kier alpha value is -0.530. The molecule has 7 heteroatoms. The summed E-state index contributed by atoms with van der Waals surface area (Å²) in [6.07, 6.45) is 0.490. The maximum atomic E-state index is 11.9. The molecule has 1 amide bonds. The fourth-order valence-corrected chi connectivity index (χ4v) is 5.22. The van der Waals surface area contributed by atoms with Gasteiger partial charge in [0.05, 0.1) is 22.8 Å². The second kappa shape index (κ2) is 6.07. The molecule has 0 radical (unpaired) electrons. The Labute approximate surface area is 131 Å². The maximum absolute atomic E-state index is 11.9. The van der Waals surface area contributed by atoms with E-state index >= 15 is 0 Å². The minimum absolute atomic E-state index is 0.0364. The van der Waals surface area contributed by atoms with E-state index in [4.69, 9.17) is 0 Å². The molecule has 2 rings (SSSR count). The third-order valence-electron chi connectivity index (χ3n) is 3.13. The number of hydrogen-bond donors (Lipinski definition) is 1. The number of carbonyl (C=O) groups is 1. The van der Waals surface area contributed by atoms with Crippen LogP contribution < -0.4 is 5.32 Å². The van der Waals surface area contributed by atoms with Crippen LogP contribution in [0, 0.1) is 0 Å². The van der Waals surface area contributed by atoms with Crippen LogP contribution in [0.25, 0.3) is 0 Å². The zero-order chi connectivity index (χ0) is 14.8. The van der Waals surface area contributed by atoms with Crippen molar-refractivity contribution >= 4 is 43.4 Å². The van der Waals surface area contributed by atoms with E-state index in [0.717, 1.165) is 9.37 Å². The Kier molecular flexibility index (Phi) is 4.81. The molecule has 0 spiro atoms. The molecular formula is C13H16BrNO3S2. The van der Waals surface area contributed by atoms with Crippen LogP contribution in [0.1, 0.15) is 13.3 Å². The first-order chi connectivity index (χ1) is 9.28. The summed E-state index contributed by atoms with van der Waals surface area (Å²) in [5, 5.41) is 2.84. The fourth-order valence-electron chi connectivity index (χ4n) is 2.16. The van der Waals surface area contributed by atoms with Crippen LogP contribution in [0.15, 0.2) is 33.6 Å². The number of thioether (sulfide) groups is 1. The summed E-state index contributed by atoms with van der Waals surface area (Å²) in [5.41, 5.74) is -0.615. The molecule has 0 unspecified atom stereocenters. The minimum atomic E-state index is -3.00. The molecule has 1 N–H and O–H groups in total. The van der Waals surface area contributed by atoms with E-state index in [1.807, 2.05) is 24.3 Å². The van der Waals surface area contributed by atoms with E-state index in [1.54, 1.807) is 6.92 Å². The van der Waals surface area contributed by atoms with E-state index in [2.05, 4.69) is 21.2 Å². The highest BCUT2D eigenvalue weighted by Gasteiger charge is 2.39.